The van der Waals surface area contributed by atoms with Gasteiger partial charge in [-0.15, -0.1) is 0 Å². The second-order valence-electron chi connectivity index (χ2n) is 8.59. The lowest BCUT2D eigenvalue weighted by atomic mass is 9.71. The molecule has 0 fully saturated rings. The zero-order chi connectivity index (χ0) is 21.2. The number of benzene rings is 1. The first-order chi connectivity index (χ1) is 13.7. The number of pyridine rings is 1. The number of halogens is 1. The normalized spacial score (nSPS) is 17.2. The largest absolute Gasteiger partial charge is 0.324 e. The summed E-state index contributed by atoms with van der Waals surface area (Å²) in [6, 6.07) is 11.8. The molecule has 6 heteroatoms. The molecule has 152 valence electrons. The third-order valence-electron chi connectivity index (χ3n) is 5.49. The molecule has 3 rings (SSSR count). The number of anilines is 1. The minimum absolute atomic E-state index is 0.113. The Hall–Kier alpha value is -1.84. The fraction of sp³-hybridized carbons (Fsp3) is 0.435. The number of hydrogen-bond donors (Lipinski definition) is 1. The minimum Gasteiger partial charge on any atom is -0.324 e. The predicted octanol–water partition coefficient (Wildman–Crippen LogP) is 5.99. The van der Waals surface area contributed by atoms with Crippen molar-refractivity contribution in [1.29, 1.82) is 5.26 Å². The van der Waals surface area contributed by atoms with Crippen molar-refractivity contribution in [3.63, 3.8) is 0 Å². The lowest BCUT2D eigenvalue weighted by molar-refractivity contribution is -0.115. The first-order valence-electron chi connectivity index (χ1n) is 9.84. The van der Waals surface area contributed by atoms with Crippen LogP contribution in [0.3, 0.4) is 0 Å². The van der Waals surface area contributed by atoms with Gasteiger partial charge in [-0.1, -0.05) is 44.7 Å². The number of aryl methyl sites for hydroxylation is 1. The van der Waals surface area contributed by atoms with Crippen LogP contribution in [0.15, 0.2) is 39.8 Å². The number of rotatable bonds is 4. The van der Waals surface area contributed by atoms with Crippen LogP contribution in [0, 0.1) is 22.7 Å². The highest BCUT2D eigenvalue weighted by atomic mass is 79.9. The van der Waals surface area contributed by atoms with Crippen LogP contribution in [0.4, 0.5) is 5.69 Å². The van der Waals surface area contributed by atoms with Crippen molar-refractivity contribution in [2.45, 2.75) is 57.2 Å². The van der Waals surface area contributed by atoms with Gasteiger partial charge in [-0.3, -0.25) is 4.79 Å². The van der Waals surface area contributed by atoms with Gasteiger partial charge in [0.1, 0.15) is 11.1 Å². The van der Waals surface area contributed by atoms with Gasteiger partial charge in [0.15, 0.2) is 0 Å². The second-order valence-corrected chi connectivity index (χ2v) is 10.8. The number of amides is 1. The summed E-state index contributed by atoms with van der Waals surface area (Å²) in [5.41, 5.74) is 3.80. The molecule has 0 aliphatic heterocycles. The van der Waals surface area contributed by atoms with Crippen molar-refractivity contribution in [3.05, 3.63) is 51.6 Å². The van der Waals surface area contributed by atoms with Gasteiger partial charge in [-0.05, 0) is 77.2 Å². The van der Waals surface area contributed by atoms with E-state index in [1.54, 1.807) is 0 Å². The molecule has 2 unspecified atom stereocenters. The van der Waals surface area contributed by atoms with E-state index < -0.39 is 0 Å². The van der Waals surface area contributed by atoms with E-state index >= 15 is 0 Å². The van der Waals surface area contributed by atoms with Crippen LogP contribution in [-0.2, 0) is 17.6 Å². The van der Waals surface area contributed by atoms with Crippen LogP contribution in [0.25, 0.3) is 0 Å². The van der Waals surface area contributed by atoms with Gasteiger partial charge >= 0.3 is 0 Å². The third-order valence-corrected chi connectivity index (χ3v) is 7.28. The average molecular weight is 472 g/mol. The summed E-state index contributed by atoms with van der Waals surface area (Å²) in [7, 11) is 0. The van der Waals surface area contributed by atoms with Crippen LogP contribution in [0.5, 0.6) is 0 Å². The predicted molar refractivity (Wildman–Crippen MR) is 122 cm³/mol. The Kier molecular flexibility index (Phi) is 6.70. The summed E-state index contributed by atoms with van der Waals surface area (Å²) in [5, 5.41) is 12.9. The molecule has 1 aliphatic rings. The summed E-state index contributed by atoms with van der Waals surface area (Å²) in [4.78, 5) is 17.4. The molecule has 2 aromatic rings. The van der Waals surface area contributed by atoms with E-state index in [1.807, 2.05) is 37.3 Å². The molecule has 1 heterocycles. The Bertz CT molecular complexity index is 962. The maximum absolute atomic E-state index is 12.6. The van der Waals surface area contributed by atoms with Crippen molar-refractivity contribution in [2.75, 3.05) is 5.32 Å². The van der Waals surface area contributed by atoms with Gasteiger partial charge in [-0.25, -0.2) is 4.98 Å². The van der Waals surface area contributed by atoms with Crippen LogP contribution >= 0.6 is 27.7 Å². The molecule has 1 aromatic heterocycles. The van der Waals surface area contributed by atoms with Gasteiger partial charge in [0.25, 0.3) is 0 Å². The summed E-state index contributed by atoms with van der Waals surface area (Å²) in [6.07, 6.45) is 3.00. The Morgan fingerprint density at radius 1 is 1.38 bits per heavy atom. The number of nitriles is 1. The van der Waals surface area contributed by atoms with Crippen molar-refractivity contribution >= 4 is 39.3 Å². The highest BCUT2D eigenvalue weighted by Crippen LogP contribution is 2.38. The zero-order valence-corrected chi connectivity index (χ0v) is 19.7. The van der Waals surface area contributed by atoms with Crippen LogP contribution in [0.2, 0.25) is 0 Å². The van der Waals surface area contributed by atoms with Crippen molar-refractivity contribution in [3.8, 4) is 6.07 Å². The molecular formula is C23H26BrN3OS. The number of carbonyl (C=O) groups is 1. The highest BCUT2D eigenvalue weighted by molar-refractivity contribution is 9.10. The van der Waals surface area contributed by atoms with Crippen molar-refractivity contribution in [1.82, 2.24) is 4.98 Å². The number of nitrogens with zero attached hydrogens (tertiary/aromatic N) is 2. The fourth-order valence-electron chi connectivity index (χ4n) is 3.57. The summed E-state index contributed by atoms with van der Waals surface area (Å²) in [6.45, 7) is 8.67. The number of para-hydroxylation sites is 1. The molecule has 1 amide bonds. The van der Waals surface area contributed by atoms with Crippen molar-refractivity contribution < 1.29 is 4.79 Å². The molecule has 29 heavy (non-hydrogen) atoms. The quantitative estimate of drug-likeness (QED) is 0.556. The highest BCUT2D eigenvalue weighted by Gasteiger charge is 2.30. The van der Waals surface area contributed by atoms with E-state index in [0.29, 0.717) is 16.5 Å². The molecular weight excluding hydrogens is 446 g/mol. The van der Waals surface area contributed by atoms with Crippen LogP contribution in [0.1, 0.15) is 50.9 Å². The smallest absolute Gasteiger partial charge is 0.237 e. The molecule has 1 aromatic carbocycles. The zero-order valence-electron chi connectivity index (χ0n) is 17.3. The molecule has 0 bridgehead atoms. The first-order valence-corrected chi connectivity index (χ1v) is 11.5. The molecule has 4 nitrogen and oxygen atoms in total. The maximum Gasteiger partial charge on any atom is 0.237 e. The maximum atomic E-state index is 12.6. The standard InChI is InChI=1S/C23H26BrN3OS/c1-14(21(28)26-20-8-6-5-7-18(20)24)29-22-16(13-25)11-15-12-17(23(2,3)4)9-10-19(15)27-22/h5-8,11,14,17H,9-10,12H2,1-4H3,(H,26,28). The molecule has 1 aliphatic carbocycles. The van der Waals surface area contributed by atoms with Crippen molar-refractivity contribution in [2.24, 2.45) is 11.3 Å². The second kappa shape index (κ2) is 8.89. The monoisotopic (exact) mass is 471 g/mol. The van der Waals surface area contributed by atoms with Crippen LogP contribution in [-0.4, -0.2) is 16.1 Å². The molecule has 0 spiro atoms. The number of aromatic nitrogens is 1. The lowest BCUT2D eigenvalue weighted by Crippen LogP contribution is -2.28. The van der Waals surface area contributed by atoms with E-state index in [1.165, 1.54) is 17.3 Å². The molecule has 1 N–H and O–H groups in total. The number of fused-ring (bicyclic) bond motifs is 1. The minimum atomic E-state index is -0.370. The van der Waals surface area contributed by atoms with E-state index in [-0.39, 0.29) is 16.6 Å². The van der Waals surface area contributed by atoms with Gasteiger partial charge in [0.05, 0.1) is 16.5 Å². The SMILES string of the molecule is CC(Sc1nc2c(cc1C#N)CC(C(C)(C)C)CC2)C(=O)Nc1ccccc1Br. The number of hydrogen-bond acceptors (Lipinski definition) is 4. The van der Waals surface area contributed by atoms with Gasteiger partial charge in [0, 0.05) is 10.2 Å². The molecule has 0 saturated carbocycles. The topological polar surface area (TPSA) is 65.8 Å². The summed E-state index contributed by atoms with van der Waals surface area (Å²) >= 11 is 4.79. The van der Waals surface area contributed by atoms with Crippen LogP contribution < -0.4 is 5.32 Å². The average Bonchev–Trinajstić information content (AvgIpc) is 2.68. The Morgan fingerprint density at radius 3 is 2.76 bits per heavy atom. The molecule has 0 saturated heterocycles. The number of nitrogens with one attached hydrogen (secondary N) is 1. The first kappa shape index (κ1) is 21.9. The van der Waals surface area contributed by atoms with Gasteiger partial charge in [-0.2, -0.15) is 5.26 Å². The Morgan fingerprint density at radius 2 is 2.10 bits per heavy atom. The molecule has 0 radical (unpaired) electrons. The number of carbonyl (C=O) groups excluding carboxylic acids is 1. The Labute approximate surface area is 185 Å². The summed E-state index contributed by atoms with van der Waals surface area (Å²) < 4.78 is 0.837. The number of thioether (sulfide) groups is 1. The van der Waals surface area contributed by atoms with Gasteiger partial charge in [0.2, 0.25) is 5.91 Å². The van der Waals surface area contributed by atoms with E-state index in [0.717, 1.165) is 35.1 Å². The van der Waals surface area contributed by atoms with Gasteiger partial charge < -0.3 is 5.32 Å². The molecule has 2 atom stereocenters. The Balaban J connectivity index is 1.77. The lowest BCUT2D eigenvalue weighted by Gasteiger charge is -2.34. The third kappa shape index (κ3) is 5.21. The fourth-order valence-corrected chi connectivity index (χ4v) is 4.85. The van der Waals surface area contributed by atoms with E-state index in [2.05, 4.69) is 48.1 Å². The van der Waals surface area contributed by atoms with E-state index in [4.69, 9.17) is 4.98 Å². The van der Waals surface area contributed by atoms with E-state index in [9.17, 15) is 10.1 Å². The summed E-state index contributed by atoms with van der Waals surface area (Å²) in [5.74, 6) is 0.481.